The van der Waals surface area contributed by atoms with Crippen LogP contribution in [-0.4, -0.2) is 6.54 Å². The van der Waals surface area contributed by atoms with Crippen molar-refractivity contribution in [2.75, 3.05) is 17.2 Å². The number of halogens is 1. The van der Waals surface area contributed by atoms with Gasteiger partial charge in [0.05, 0.1) is 0 Å². The van der Waals surface area contributed by atoms with E-state index in [0.29, 0.717) is 5.02 Å². The zero-order valence-corrected chi connectivity index (χ0v) is 12.1. The summed E-state index contributed by atoms with van der Waals surface area (Å²) in [6.45, 7) is 6.01. The number of para-hydroxylation sites is 1. The molecule has 0 spiro atoms. The predicted octanol–water partition coefficient (Wildman–Crippen LogP) is 4.26. The van der Waals surface area contributed by atoms with E-state index in [0.717, 1.165) is 24.3 Å². The topological polar surface area (TPSA) is 29.3 Å². The molecule has 0 aromatic heterocycles. The van der Waals surface area contributed by atoms with E-state index in [9.17, 15) is 0 Å². The maximum Gasteiger partial charge on any atom is 0.0449 e. The molecule has 2 rings (SSSR count). The standard InChI is InChI=1S/C16H19ClN2/c1-3-19(16-7-5-4-6-12(16)2)11-13-8-9-14(17)10-15(13)18/h4-10H,3,11,18H2,1-2H3. The lowest BCUT2D eigenvalue weighted by molar-refractivity contribution is 0.829. The van der Waals surface area contributed by atoms with E-state index in [4.69, 9.17) is 17.3 Å². The summed E-state index contributed by atoms with van der Waals surface area (Å²) in [6.07, 6.45) is 0. The Labute approximate surface area is 119 Å². The molecule has 0 aliphatic heterocycles. The SMILES string of the molecule is CCN(Cc1ccc(Cl)cc1N)c1ccccc1C. The number of anilines is 2. The first kappa shape index (κ1) is 13.8. The molecule has 0 bridgehead atoms. The molecule has 0 radical (unpaired) electrons. The molecule has 2 nitrogen and oxygen atoms in total. The molecule has 3 heteroatoms. The van der Waals surface area contributed by atoms with Crippen molar-refractivity contribution in [2.45, 2.75) is 20.4 Å². The highest BCUT2D eigenvalue weighted by molar-refractivity contribution is 6.30. The van der Waals surface area contributed by atoms with Gasteiger partial charge in [0.1, 0.15) is 0 Å². The molecule has 0 unspecified atom stereocenters. The van der Waals surface area contributed by atoms with Crippen LogP contribution in [0.3, 0.4) is 0 Å². The Morgan fingerprint density at radius 2 is 1.89 bits per heavy atom. The Hall–Kier alpha value is -1.67. The number of nitrogens with two attached hydrogens (primary N) is 1. The van der Waals surface area contributed by atoms with Gasteiger partial charge in [-0.3, -0.25) is 0 Å². The molecule has 0 aliphatic rings. The summed E-state index contributed by atoms with van der Waals surface area (Å²) >= 11 is 5.94. The number of hydrogen-bond donors (Lipinski definition) is 1. The molecule has 2 aromatic rings. The fraction of sp³-hybridized carbons (Fsp3) is 0.250. The Morgan fingerprint density at radius 3 is 2.53 bits per heavy atom. The number of nitrogens with zero attached hydrogens (tertiary/aromatic N) is 1. The minimum atomic E-state index is 0.681. The third-order valence-electron chi connectivity index (χ3n) is 3.31. The Morgan fingerprint density at radius 1 is 1.16 bits per heavy atom. The molecule has 19 heavy (non-hydrogen) atoms. The Balaban J connectivity index is 2.27. The van der Waals surface area contributed by atoms with E-state index < -0.39 is 0 Å². The summed E-state index contributed by atoms with van der Waals surface area (Å²) in [5.41, 5.74) is 10.4. The van der Waals surface area contributed by atoms with Gasteiger partial charge in [0.2, 0.25) is 0 Å². The molecule has 0 aliphatic carbocycles. The van der Waals surface area contributed by atoms with Crippen LogP contribution in [0.15, 0.2) is 42.5 Å². The molecular formula is C16H19ClN2. The van der Waals surface area contributed by atoms with E-state index in [1.807, 2.05) is 18.2 Å². The summed E-state index contributed by atoms with van der Waals surface area (Å²) in [4.78, 5) is 2.31. The number of aryl methyl sites for hydroxylation is 1. The maximum atomic E-state index is 6.03. The van der Waals surface area contributed by atoms with Crippen molar-refractivity contribution >= 4 is 23.0 Å². The van der Waals surface area contributed by atoms with Gasteiger partial charge in [-0.25, -0.2) is 0 Å². The van der Waals surface area contributed by atoms with Gasteiger partial charge in [0.25, 0.3) is 0 Å². The van der Waals surface area contributed by atoms with Crippen LogP contribution in [0.1, 0.15) is 18.1 Å². The van der Waals surface area contributed by atoms with Crippen molar-refractivity contribution in [1.82, 2.24) is 0 Å². The highest BCUT2D eigenvalue weighted by Gasteiger charge is 2.09. The third kappa shape index (κ3) is 3.21. The van der Waals surface area contributed by atoms with E-state index in [1.54, 1.807) is 0 Å². The van der Waals surface area contributed by atoms with Gasteiger partial charge < -0.3 is 10.6 Å². The molecule has 2 N–H and O–H groups in total. The molecule has 0 heterocycles. The highest BCUT2D eigenvalue weighted by Crippen LogP contribution is 2.24. The van der Waals surface area contributed by atoms with Crippen molar-refractivity contribution in [3.8, 4) is 0 Å². The van der Waals surface area contributed by atoms with Crippen LogP contribution in [0, 0.1) is 6.92 Å². The van der Waals surface area contributed by atoms with Crippen LogP contribution in [0.2, 0.25) is 5.02 Å². The maximum absolute atomic E-state index is 6.03. The average molecular weight is 275 g/mol. The molecule has 2 aromatic carbocycles. The van der Waals surface area contributed by atoms with Crippen LogP contribution in [0.5, 0.6) is 0 Å². The number of rotatable bonds is 4. The van der Waals surface area contributed by atoms with Gasteiger partial charge in [0, 0.05) is 29.5 Å². The number of benzene rings is 2. The van der Waals surface area contributed by atoms with Crippen molar-refractivity contribution < 1.29 is 0 Å². The largest absolute Gasteiger partial charge is 0.398 e. The zero-order chi connectivity index (χ0) is 13.8. The molecule has 0 saturated carbocycles. The van der Waals surface area contributed by atoms with Crippen LogP contribution in [0.4, 0.5) is 11.4 Å². The molecule has 0 saturated heterocycles. The molecule has 0 atom stereocenters. The van der Waals surface area contributed by atoms with Crippen LogP contribution >= 0.6 is 11.6 Å². The van der Waals surface area contributed by atoms with Crippen LogP contribution in [0.25, 0.3) is 0 Å². The molecule has 0 amide bonds. The van der Waals surface area contributed by atoms with E-state index in [2.05, 4.69) is 43.0 Å². The second-order valence-electron chi connectivity index (χ2n) is 4.64. The van der Waals surface area contributed by atoms with Gasteiger partial charge in [-0.15, -0.1) is 0 Å². The monoisotopic (exact) mass is 274 g/mol. The minimum absolute atomic E-state index is 0.681. The van der Waals surface area contributed by atoms with Crippen molar-refractivity contribution in [2.24, 2.45) is 0 Å². The lowest BCUT2D eigenvalue weighted by Gasteiger charge is -2.25. The van der Waals surface area contributed by atoms with E-state index in [-0.39, 0.29) is 0 Å². The second kappa shape index (κ2) is 5.98. The van der Waals surface area contributed by atoms with Gasteiger partial charge in [0.15, 0.2) is 0 Å². The van der Waals surface area contributed by atoms with Gasteiger partial charge in [-0.2, -0.15) is 0 Å². The first-order chi connectivity index (χ1) is 9.11. The van der Waals surface area contributed by atoms with Gasteiger partial charge >= 0.3 is 0 Å². The predicted molar refractivity (Wildman–Crippen MR) is 83.8 cm³/mol. The molecule has 0 fully saturated rings. The van der Waals surface area contributed by atoms with Crippen molar-refractivity contribution in [3.63, 3.8) is 0 Å². The molecular weight excluding hydrogens is 256 g/mol. The van der Waals surface area contributed by atoms with Gasteiger partial charge in [-0.05, 0) is 43.2 Å². The lowest BCUT2D eigenvalue weighted by atomic mass is 10.1. The first-order valence-electron chi connectivity index (χ1n) is 6.46. The third-order valence-corrected chi connectivity index (χ3v) is 3.54. The highest BCUT2D eigenvalue weighted by atomic mass is 35.5. The summed E-state index contributed by atoms with van der Waals surface area (Å²) in [5.74, 6) is 0. The van der Waals surface area contributed by atoms with Crippen molar-refractivity contribution in [1.29, 1.82) is 0 Å². The first-order valence-corrected chi connectivity index (χ1v) is 6.84. The summed E-state index contributed by atoms with van der Waals surface area (Å²) in [5, 5.41) is 0.681. The van der Waals surface area contributed by atoms with E-state index >= 15 is 0 Å². The summed E-state index contributed by atoms with van der Waals surface area (Å²) in [6, 6.07) is 14.1. The van der Waals surface area contributed by atoms with Crippen LogP contribution in [-0.2, 0) is 6.54 Å². The second-order valence-corrected chi connectivity index (χ2v) is 5.08. The quantitative estimate of drug-likeness (QED) is 0.844. The van der Waals surface area contributed by atoms with Gasteiger partial charge in [-0.1, -0.05) is 35.9 Å². The molecule has 100 valence electrons. The fourth-order valence-electron chi connectivity index (χ4n) is 2.20. The lowest BCUT2D eigenvalue weighted by Crippen LogP contribution is -2.23. The van der Waals surface area contributed by atoms with Crippen molar-refractivity contribution in [3.05, 3.63) is 58.6 Å². The Bertz CT molecular complexity index is 566. The number of hydrogen-bond acceptors (Lipinski definition) is 2. The fourth-order valence-corrected chi connectivity index (χ4v) is 2.38. The smallest absolute Gasteiger partial charge is 0.0449 e. The number of nitrogen functional groups attached to an aromatic ring is 1. The summed E-state index contributed by atoms with van der Waals surface area (Å²) < 4.78 is 0. The Kier molecular flexibility index (Phi) is 4.33. The minimum Gasteiger partial charge on any atom is -0.398 e. The zero-order valence-electron chi connectivity index (χ0n) is 11.4. The van der Waals surface area contributed by atoms with E-state index in [1.165, 1.54) is 11.3 Å². The summed E-state index contributed by atoms with van der Waals surface area (Å²) in [7, 11) is 0. The normalized spacial score (nSPS) is 10.5. The average Bonchev–Trinajstić information content (AvgIpc) is 2.39. The van der Waals surface area contributed by atoms with Crippen LogP contribution < -0.4 is 10.6 Å².